The summed E-state index contributed by atoms with van der Waals surface area (Å²) in [6, 6.07) is 0. The van der Waals surface area contributed by atoms with Gasteiger partial charge in [-0.2, -0.15) is 0 Å². The zero-order valence-electron chi connectivity index (χ0n) is 17.3. The summed E-state index contributed by atoms with van der Waals surface area (Å²) in [7, 11) is -6.92. The van der Waals surface area contributed by atoms with Crippen LogP contribution >= 0.6 is 15.2 Å². The Kier molecular flexibility index (Phi) is 10.8. The fourth-order valence-corrected chi connectivity index (χ4v) is 7.93. The lowest BCUT2D eigenvalue weighted by Gasteiger charge is -2.34. The summed E-state index contributed by atoms with van der Waals surface area (Å²) in [6.45, 7) is 13.4. The summed E-state index contributed by atoms with van der Waals surface area (Å²) in [5.41, 5.74) is 0. The molecule has 0 amide bonds. The van der Waals surface area contributed by atoms with E-state index in [0.717, 1.165) is 0 Å². The molecule has 0 aromatic rings. The van der Waals surface area contributed by atoms with E-state index < -0.39 is 57.4 Å². The third kappa shape index (κ3) is 8.64. The number of carbonyl (C=O) groups excluding carboxylic acids is 1. The topological polar surface area (TPSA) is 97.4 Å². The first kappa shape index (κ1) is 25.8. The smallest absolute Gasteiger partial charge is 0.346 e. The molecule has 0 aromatic carbocycles. The second-order valence-corrected chi connectivity index (χ2v) is 11.6. The van der Waals surface area contributed by atoms with Crippen LogP contribution in [0.2, 0.25) is 0 Å². The van der Waals surface area contributed by atoms with Gasteiger partial charge in [-0.25, -0.2) is 0 Å². The van der Waals surface area contributed by atoms with Crippen LogP contribution in [-0.2, 0) is 36.8 Å². The summed E-state index contributed by atoms with van der Waals surface area (Å²) in [5.74, 6) is -0.713. The van der Waals surface area contributed by atoms with Crippen LogP contribution in [0.3, 0.4) is 0 Å². The van der Waals surface area contributed by atoms with Gasteiger partial charge in [0.2, 0.25) is 0 Å². The van der Waals surface area contributed by atoms with Crippen LogP contribution in [0.1, 0.15) is 61.8 Å². The third-order valence-electron chi connectivity index (χ3n) is 2.74. The average Bonchev–Trinajstić information content (AvgIpc) is 2.40. The number of esters is 1. The highest BCUT2D eigenvalue weighted by Gasteiger charge is 2.54. The zero-order chi connectivity index (χ0) is 20.7. The van der Waals surface area contributed by atoms with Crippen molar-refractivity contribution in [1.29, 1.82) is 0 Å². The lowest BCUT2D eigenvalue weighted by Crippen LogP contribution is -2.26. The summed E-state index contributed by atoms with van der Waals surface area (Å²) < 4.78 is 54.1. The van der Waals surface area contributed by atoms with E-state index in [4.69, 9.17) is 18.1 Å². The molecule has 8 nitrogen and oxygen atoms in total. The van der Waals surface area contributed by atoms with E-state index in [2.05, 4.69) is 4.74 Å². The van der Waals surface area contributed by atoms with Gasteiger partial charge in [0.25, 0.3) is 0 Å². The monoisotopic (exact) mass is 416 g/mol. The summed E-state index contributed by atoms with van der Waals surface area (Å²) in [5, 5.41) is -1.43. The maximum atomic E-state index is 13.6. The van der Waals surface area contributed by atoms with Crippen LogP contribution in [-0.4, -0.2) is 42.9 Å². The molecule has 0 fully saturated rings. The molecule has 0 aliphatic rings. The molecule has 156 valence electrons. The molecule has 0 rings (SSSR count). The first-order valence-electron chi connectivity index (χ1n) is 8.75. The van der Waals surface area contributed by atoms with Gasteiger partial charge in [-0.1, -0.05) is 0 Å². The van der Waals surface area contributed by atoms with Crippen molar-refractivity contribution in [3.05, 3.63) is 0 Å². The molecular weight excluding hydrogens is 382 g/mol. The van der Waals surface area contributed by atoms with Gasteiger partial charge >= 0.3 is 21.2 Å². The highest BCUT2D eigenvalue weighted by molar-refractivity contribution is 7.72. The fraction of sp³-hybridized carbons (Fsp3) is 0.938. The van der Waals surface area contributed by atoms with Crippen LogP contribution in [0.4, 0.5) is 0 Å². The van der Waals surface area contributed by atoms with Gasteiger partial charge in [0, 0.05) is 0 Å². The third-order valence-corrected chi connectivity index (χ3v) is 9.12. The molecule has 0 radical (unpaired) electrons. The Morgan fingerprint density at radius 1 is 0.692 bits per heavy atom. The highest BCUT2D eigenvalue weighted by Crippen LogP contribution is 2.72. The molecule has 0 saturated carbocycles. The Balaban J connectivity index is 6.29. The first-order valence-corrected chi connectivity index (χ1v) is 12.0. The minimum atomic E-state index is -4.06. The molecule has 10 heteroatoms. The molecule has 0 aliphatic heterocycles. The zero-order valence-corrected chi connectivity index (χ0v) is 19.0. The minimum absolute atomic E-state index is 0.482. The highest BCUT2D eigenvalue weighted by atomic mass is 31.2. The van der Waals surface area contributed by atoms with E-state index in [9.17, 15) is 13.9 Å². The largest absolute Gasteiger partial charge is 0.469 e. The second-order valence-electron chi connectivity index (χ2n) is 6.96. The summed E-state index contributed by atoms with van der Waals surface area (Å²) in [4.78, 5) is 12.0. The maximum absolute atomic E-state index is 13.6. The van der Waals surface area contributed by atoms with E-state index in [-0.39, 0.29) is 0 Å². The van der Waals surface area contributed by atoms with Crippen LogP contribution in [0.5, 0.6) is 0 Å². The molecule has 0 saturated heterocycles. The van der Waals surface area contributed by atoms with Crippen molar-refractivity contribution >= 4 is 21.2 Å². The molecule has 0 aliphatic carbocycles. The maximum Gasteiger partial charge on any atom is 0.346 e. The normalized spacial score (nSPS) is 13.5. The Morgan fingerprint density at radius 3 is 1.15 bits per heavy atom. The molecule has 0 aromatic heterocycles. The van der Waals surface area contributed by atoms with Gasteiger partial charge < -0.3 is 22.8 Å². The quantitative estimate of drug-likeness (QED) is 0.325. The van der Waals surface area contributed by atoms with Crippen molar-refractivity contribution in [3.8, 4) is 0 Å². The second kappa shape index (κ2) is 10.9. The number of rotatable bonds is 12. The number of hydrogen-bond donors (Lipinski definition) is 0. The van der Waals surface area contributed by atoms with Gasteiger partial charge in [-0.3, -0.25) is 13.9 Å². The van der Waals surface area contributed by atoms with Crippen molar-refractivity contribution < 1.29 is 36.8 Å². The van der Waals surface area contributed by atoms with E-state index >= 15 is 0 Å². The van der Waals surface area contributed by atoms with Gasteiger partial charge in [-0.05, 0) is 55.4 Å². The average molecular weight is 416 g/mol. The van der Waals surface area contributed by atoms with E-state index in [1.165, 1.54) is 7.11 Å². The van der Waals surface area contributed by atoms with Crippen LogP contribution < -0.4 is 0 Å². The standard InChI is InChI=1S/C16H34O8P2/c1-11(2)21-25(18,22-12(3)4)16(10-15(17)20-9)26(19,23-13(5)6)24-14(7)8/h11-14,16H,10H2,1-9H3. The molecule has 0 atom stereocenters. The predicted octanol–water partition coefficient (Wildman–Crippen LogP) is 4.96. The fourth-order valence-electron chi connectivity index (χ4n) is 2.14. The number of ether oxygens (including phenoxy) is 1. The predicted molar refractivity (Wildman–Crippen MR) is 101 cm³/mol. The van der Waals surface area contributed by atoms with Gasteiger partial charge in [-0.15, -0.1) is 0 Å². The van der Waals surface area contributed by atoms with Gasteiger partial charge in [0.05, 0.1) is 37.9 Å². The van der Waals surface area contributed by atoms with Crippen LogP contribution in [0, 0.1) is 0 Å². The van der Waals surface area contributed by atoms with E-state index in [1.54, 1.807) is 55.4 Å². The van der Waals surface area contributed by atoms with Gasteiger partial charge in [0.1, 0.15) is 0 Å². The molecule has 0 spiro atoms. The summed E-state index contributed by atoms with van der Waals surface area (Å²) in [6.07, 6.45) is -2.46. The first-order chi connectivity index (χ1) is 11.8. The number of methoxy groups -OCH3 is 1. The van der Waals surface area contributed by atoms with Gasteiger partial charge in [0.15, 0.2) is 5.40 Å². The Hall–Kier alpha value is -0.230. The molecule has 26 heavy (non-hydrogen) atoms. The molecule has 0 N–H and O–H groups in total. The van der Waals surface area contributed by atoms with Crippen LogP contribution in [0.25, 0.3) is 0 Å². The lowest BCUT2D eigenvalue weighted by atomic mass is 10.5. The Morgan fingerprint density at radius 2 is 0.962 bits per heavy atom. The minimum Gasteiger partial charge on any atom is -0.469 e. The SMILES string of the molecule is COC(=O)CC(P(=O)(OC(C)C)OC(C)C)P(=O)(OC(C)C)OC(C)C. The Bertz CT molecular complexity index is 464. The van der Waals surface area contributed by atoms with Crippen molar-refractivity contribution in [2.45, 2.75) is 91.6 Å². The van der Waals surface area contributed by atoms with Crippen molar-refractivity contribution in [2.75, 3.05) is 7.11 Å². The Labute approximate surface area is 157 Å². The number of carbonyl (C=O) groups is 1. The van der Waals surface area contributed by atoms with E-state index in [0.29, 0.717) is 0 Å². The molecule has 0 heterocycles. The molecular formula is C16H34O8P2. The summed E-state index contributed by atoms with van der Waals surface area (Å²) >= 11 is 0. The van der Waals surface area contributed by atoms with Crippen molar-refractivity contribution in [3.63, 3.8) is 0 Å². The van der Waals surface area contributed by atoms with E-state index in [1.807, 2.05) is 0 Å². The van der Waals surface area contributed by atoms with Crippen LogP contribution in [0.15, 0.2) is 0 Å². The van der Waals surface area contributed by atoms with Crippen molar-refractivity contribution in [1.82, 2.24) is 0 Å². The molecule has 0 unspecified atom stereocenters. The van der Waals surface area contributed by atoms with Crippen molar-refractivity contribution in [2.24, 2.45) is 0 Å². The lowest BCUT2D eigenvalue weighted by molar-refractivity contribution is -0.140. The molecule has 0 bridgehead atoms. The number of hydrogen-bond acceptors (Lipinski definition) is 8.